The van der Waals surface area contributed by atoms with E-state index in [-0.39, 0.29) is 0 Å². The highest BCUT2D eigenvalue weighted by Crippen LogP contribution is 2.28. The van der Waals surface area contributed by atoms with Crippen LogP contribution in [0, 0.1) is 12.3 Å². The lowest BCUT2D eigenvalue weighted by atomic mass is 9.85. The molecule has 3 aromatic rings. The monoisotopic (exact) mass is 266 g/mol. The Balaban J connectivity index is 2.23. The number of benzene rings is 1. The van der Waals surface area contributed by atoms with Gasteiger partial charge in [0.25, 0.3) is 0 Å². The van der Waals surface area contributed by atoms with Gasteiger partial charge in [-0.15, -0.1) is 0 Å². The Morgan fingerprint density at radius 3 is 2.55 bits per heavy atom. The topological polar surface area (TPSA) is 17.3 Å². The third-order valence-electron chi connectivity index (χ3n) is 4.41. The fraction of sp³-hybridized carbons (Fsp3) is 0.389. The van der Waals surface area contributed by atoms with E-state index in [1.807, 2.05) is 6.20 Å². The molecule has 1 aromatic carbocycles. The van der Waals surface area contributed by atoms with Gasteiger partial charge in [0.15, 0.2) is 0 Å². The number of hydrogen-bond acceptors (Lipinski definition) is 1. The van der Waals surface area contributed by atoms with Gasteiger partial charge in [0, 0.05) is 23.5 Å². The maximum Gasteiger partial charge on any atom is 0.144 e. The molecule has 0 aliphatic heterocycles. The van der Waals surface area contributed by atoms with Crippen LogP contribution in [0.5, 0.6) is 0 Å². The molecule has 2 heterocycles. The highest BCUT2D eigenvalue weighted by Gasteiger charge is 2.19. The number of aromatic nitrogens is 2. The van der Waals surface area contributed by atoms with Crippen LogP contribution in [0.2, 0.25) is 0 Å². The zero-order valence-corrected chi connectivity index (χ0v) is 12.8. The molecule has 0 radical (unpaired) electrons. The summed E-state index contributed by atoms with van der Waals surface area (Å²) in [7, 11) is 0. The SMILES string of the molecule is CCC(C)(C)Cc1cnc2c3ccccc3c(C)cn12. The van der Waals surface area contributed by atoms with E-state index < -0.39 is 0 Å². The van der Waals surface area contributed by atoms with Crippen LogP contribution in [-0.2, 0) is 6.42 Å². The predicted molar refractivity (Wildman–Crippen MR) is 85.2 cm³/mol. The van der Waals surface area contributed by atoms with Crippen LogP contribution in [0.3, 0.4) is 0 Å². The molecule has 2 aromatic heterocycles. The maximum absolute atomic E-state index is 4.67. The van der Waals surface area contributed by atoms with Crippen LogP contribution < -0.4 is 0 Å². The van der Waals surface area contributed by atoms with Gasteiger partial charge in [-0.2, -0.15) is 0 Å². The summed E-state index contributed by atoms with van der Waals surface area (Å²) >= 11 is 0. The van der Waals surface area contributed by atoms with E-state index in [0.29, 0.717) is 5.41 Å². The van der Waals surface area contributed by atoms with E-state index in [1.54, 1.807) is 0 Å². The van der Waals surface area contributed by atoms with E-state index in [0.717, 1.165) is 12.1 Å². The molecule has 3 rings (SSSR count). The van der Waals surface area contributed by atoms with Crippen LogP contribution in [0.4, 0.5) is 0 Å². The molecule has 0 aliphatic rings. The van der Waals surface area contributed by atoms with E-state index in [2.05, 4.69) is 67.5 Å². The summed E-state index contributed by atoms with van der Waals surface area (Å²) in [5.41, 5.74) is 4.01. The zero-order chi connectivity index (χ0) is 14.3. The molecule has 20 heavy (non-hydrogen) atoms. The molecular formula is C18H22N2. The number of nitrogens with zero attached hydrogens (tertiary/aromatic N) is 2. The van der Waals surface area contributed by atoms with Crippen molar-refractivity contribution >= 4 is 16.4 Å². The number of fused-ring (bicyclic) bond motifs is 3. The average molecular weight is 266 g/mol. The molecule has 0 amide bonds. The Bertz CT molecular complexity index is 766. The molecule has 0 unspecified atom stereocenters. The van der Waals surface area contributed by atoms with E-state index in [4.69, 9.17) is 0 Å². The van der Waals surface area contributed by atoms with Crippen LogP contribution in [0.25, 0.3) is 16.4 Å². The van der Waals surface area contributed by atoms with Gasteiger partial charge in [-0.3, -0.25) is 0 Å². The molecule has 104 valence electrons. The van der Waals surface area contributed by atoms with Crippen molar-refractivity contribution < 1.29 is 0 Å². The first-order valence-corrected chi connectivity index (χ1v) is 7.36. The molecule has 0 spiro atoms. The van der Waals surface area contributed by atoms with Crippen molar-refractivity contribution in [1.29, 1.82) is 0 Å². The Kier molecular flexibility index (Phi) is 3.04. The lowest BCUT2D eigenvalue weighted by Gasteiger charge is -2.22. The fourth-order valence-electron chi connectivity index (χ4n) is 2.77. The summed E-state index contributed by atoms with van der Waals surface area (Å²) in [5, 5.41) is 2.54. The summed E-state index contributed by atoms with van der Waals surface area (Å²) in [5.74, 6) is 0. The number of rotatable bonds is 3. The van der Waals surface area contributed by atoms with Crippen molar-refractivity contribution in [2.75, 3.05) is 0 Å². The third-order valence-corrected chi connectivity index (χ3v) is 4.41. The molecule has 0 saturated heterocycles. The van der Waals surface area contributed by atoms with Gasteiger partial charge in [-0.1, -0.05) is 51.5 Å². The minimum absolute atomic E-state index is 0.315. The summed E-state index contributed by atoms with van der Waals surface area (Å²) in [6, 6.07) is 8.52. The highest BCUT2D eigenvalue weighted by molar-refractivity contribution is 5.96. The second kappa shape index (κ2) is 4.62. The molecule has 0 bridgehead atoms. The van der Waals surface area contributed by atoms with E-state index in [1.165, 1.54) is 28.5 Å². The van der Waals surface area contributed by atoms with Crippen molar-refractivity contribution in [1.82, 2.24) is 9.38 Å². The highest BCUT2D eigenvalue weighted by atomic mass is 15.0. The Labute approximate surface area is 120 Å². The van der Waals surface area contributed by atoms with Crippen molar-refractivity contribution in [2.24, 2.45) is 5.41 Å². The van der Waals surface area contributed by atoms with E-state index >= 15 is 0 Å². The molecule has 0 aliphatic carbocycles. The molecule has 0 fully saturated rings. The van der Waals surface area contributed by atoms with Crippen LogP contribution in [-0.4, -0.2) is 9.38 Å². The normalized spacial score (nSPS) is 12.4. The number of pyridine rings is 1. The second-order valence-electron chi connectivity index (χ2n) is 6.50. The molecule has 2 heteroatoms. The zero-order valence-electron chi connectivity index (χ0n) is 12.8. The molecule has 0 N–H and O–H groups in total. The summed E-state index contributed by atoms with van der Waals surface area (Å²) in [6.45, 7) is 9.07. The minimum Gasteiger partial charge on any atom is -0.303 e. The first-order valence-electron chi connectivity index (χ1n) is 7.36. The maximum atomic E-state index is 4.67. The summed E-state index contributed by atoms with van der Waals surface area (Å²) in [4.78, 5) is 4.67. The van der Waals surface area contributed by atoms with Crippen molar-refractivity contribution in [3.05, 3.63) is 47.9 Å². The van der Waals surface area contributed by atoms with Crippen molar-refractivity contribution in [3.63, 3.8) is 0 Å². The van der Waals surface area contributed by atoms with Crippen LogP contribution >= 0.6 is 0 Å². The van der Waals surface area contributed by atoms with Gasteiger partial charge in [0.2, 0.25) is 0 Å². The van der Waals surface area contributed by atoms with Gasteiger partial charge in [-0.25, -0.2) is 4.98 Å². The average Bonchev–Trinajstić information content (AvgIpc) is 2.82. The quantitative estimate of drug-likeness (QED) is 0.667. The third kappa shape index (κ3) is 2.09. The molecule has 2 nitrogen and oxygen atoms in total. The molecule has 0 saturated carbocycles. The standard InChI is InChI=1S/C18H22N2/c1-5-18(3,4)10-14-11-19-17-16-9-7-6-8-15(16)13(2)12-20(14)17/h6-9,11-12H,5,10H2,1-4H3. The van der Waals surface area contributed by atoms with Crippen LogP contribution in [0.15, 0.2) is 36.7 Å². The van der Waals surface area contributed by atoms with Gasteiger partial charge in [-0.05, 0) is 29.7 Å². The minimum atomic E-state index is 0.315. The predicted octanol–water partition coefficient (Wildman–Crippen LogP) is 4.77. The van der Waals surface area contributed by atoms with Crippen molar-refractivity contribution in [2.45, 2.75) is 40.5 Å². The molecular weight excluding hydrogens is 244 g/mol. The Morgan fingerprint density at radius 1 is 1.15 bits per heavy atom. The fourth-order valence-corrected chi connectivity index (χ4v) is 2.77. The summed E-state index contributed by atoms with van der Waals surface area (Å²) < 4.78 is 2.27. The lowest BCUT2D eigenvalue weighted by molar-refractivity contribution is 0.344. The van der Waals surface area contributed by atoms with E-state index in [9.17, 15) is 0 Å². The number of aryl methyl sites for hydroxylation is 1. The number of imidazole rings is 1. The largest absolute Gasteiger partial charge is 0.303 e. The summed E-state index contributed by atoms with van der Waals surface area (Å²) in [6.07, 6.45) is 6.50. The first kappa shape index (κ1) is 13.2. The van der Waals surface area contributed by atoms with Crippen molar-refractivity contribution in [3.8, 4) is 0 Å². The first-order chi connectivity index (χ1) is 9.52. The van der Waals surface area contributed by atoms with Gasteiger partial charge in [0.1, 0.15) is 5.65 Å². The smallest absolute Gasteiger partial charge is 0.144 e. The second-order valence-corrected chi connectivity index (χ2v) is 6.50. The van der Waals surface area contributed by atoms with Gasteiger partial charge < -0.3 is 4.40 Å². The molecule has 0 atom stereocenters. The van der Waals surface area contributed by atoms with Crippen LogP contribution in [0.1, 0.15) is 38.4 Å². The number of hydrogen-bond donors (Lipinski definition) is 0. The van der Waals surface area contributed by atoms with Gasteiger partial charge >= 0.3 is 0 Å². The lowest BCUT2D eigenvalue weighted by Crippen LogP contribution is -2.14. The Morgan fingerprint density at radius 2 is 1.85 bits per heavy atom. The Hall–Kier alpha value is -1.83. The van der Waals surface area contributed by atoms with Gasteiger partial charge in [0.05, 0.1) is 0 Å².